The van der Waals surface area contributed by atoms with Crippen LogP contribution in [0.1, 0.15) is 44.2 Å². The monoisotopic (exact) mass is 757 g/mol. The largest absolute Gasteiger partial charge is 0.481 e. The minimum Gasteiger partial charge on any atom is -0.481 e. The number of benzene rings is 2. The maximum Gasteiger partial charge on any atom is 0.327 e. The van der Waals surface area contributed by atoms with Crippen molar-refractivity contribution in [3.63, 3.8) is 0 Å². The first-order valence-corrected chi connectivity index (χ1v) is 17.9. The first-order chi connectivity index (χ1) is 25.1. The number of thiol groups is 1. The molecule has 2 aromatic rings. The summed E-state index contributed by atoms with van der Waals surface area (Å²) in [7, 11) is 0. The Labute approximate surface area is 314 Å². The van der Waals surface area contributed by atoms with Crippen LogP contribution in [0, 0.1) is 11.8 Å². The van der Waals surface area contributed by atoms with Gasteiger partial charge < -0.3 is 48.3 Å². The van der Waals surface area contributed by atoms with Crippen LogP contribution in [0.5, 0.6) is 0 Å². The number of carbonyl (C=O) groups excluding carboxylic acids is 5. The highest BCUT2D eigenvalue weighted by Gasteiger charge is 2.31. The molecule has 0 spiro atoms. The van der Waals surface area contributed by atoms with Crippen LogP contribution in [0.3, 0.4) is 0 Å². The third kappa shape index (κ3) is 16.1. The third-order valence-electron chi connectivity index (χ3n) is 8.34. The van der Waals surface area contributed by atoms with Gasteiger partial charge in [0.15, 0.2) is 0 Å². The molecule has 290 valence electrons. The highest BCUT2D eigenvalue weighted by molar-refractivity contribution is 7.80. The second kappa shape index (κ2) is 22.8. The number of amides is 5. The number of hydrogen-bond donors (Lipinski definition) is 10. The number of hydrogen-bond acceptors (Lipinski definition) is 10. The highest BCUT2D eigenvalue weighted by Crippen LogP contribution is 2.16. The van der Waals surface area contributed by atoms with Crippen molar-refractivity contribution in [2.75, 3.05) is 18.8 Å². The van der Waals surface area contributed by atoms with E-state index in [1.807, 2.05) is 25.1 Å². The minimum atomic E-state index is -1.68. The molecule has 0 bridgehead atoms. The fourth-order valence-electron chi connectivity index (χ4n) is 5.36. The van der Waals surface area contributed by atoms with E-state index in [0.717, 1.165) is 12.0 Å². The van der Waals surface area contributed by atoms with Crippen LogP contribution >= 0.6 is 12.6 Å². The summed E-state index contributed by atoms with van der Waals surface area (Å²) in [6.45, 7) is 3.78. The van der Waals surface area contributed by atoms with Crippen LogP contribution in [-0.4, -0.2) is 101 Å². The van der Waals surface area contributed by atoms with E-state index in [2.05, 4.69) is 39.2 Å². The lowest BCUT2D eigenvalue weighted by atomic mass is 9.93. The van der Waals surface area contributed by atoms with Gasteiger partial charge in [-0.25, -0.2) is 4.79 Å². The number of nitrogens with one attached hydrogen (secondary N) is 5. The van der Waals surface area contributed by atoms with E-state index in [1.54, 1.807) is 49.4 Å². The van der Waals surface area contributed by atoms with E-state index in [1.165, 1.54) is 0 Å². The van der Waals surface area contributed by atoms with Crippen LogP contribution in [0.4, 0.5) is 0 Å². The lowest BCUT2D eigenvalue weighted by Gasteiger charge is -2.25. The van der Waals surface area contributed by atoms with Crippen molar-refractivity contribution in [3.05, 3.63) is 71.8 Å². The quantitative estimate of drug-likeness (QED) is 0.0637. The molecule has 0 fully saturated rings. The average Bonchev–Trinajstić information content (AvgIpc) is 3.12. The first-order valence-electron chi connectivity index (χ1n) is 17.2. The molecule has 53 heavy (non-hydrogen) atoms. The van der Waals surface area contributed by atoms with Crippen molar-refractivity contribution >= 4 is 54.1 Å². The summed E-state index contributed by atoms with van der Waals surface area (Å²) in [6, 6.07) is 11.0. The number of carboxylic acids is 2. The Morgan fingerprint density at radius 1 is 0.679 bits per heavy atom. The molecule has 0 aliphatic carbocycles. The van der Waals surface area contributed by atoms with Gasteiger partial charge in [0.25, 0.3) is 0 Å². The molecule has 0 radical (unpaired) electrons. The number of rotatable bonds is 23. The molecule has 0 aliphatic rings. The molecule has 11 N–H and O–H groups in total. The highest BCUT2D eigenvalue weighted by atomic mass is 32.1. The Hall–Kier alpha value is -5.00. The maximum absolute atomic E-state index is 13.9. The van der Waals surface area contributed by atoms with Gasteiger partial charge in [-0.05, 0) is 36.4 Å². The first kappa shape index (κ1) is 44.2. The Morgan fingerprint density at radius 3 is 1.64 bits per heavy atom. The topological polar surface area (TPSA) is 272 Å². The molecule has 7 atom stereocenters. The zero-order valence-electron chi connectivity index (χ0n) is 29.8. The van der Waals surface area contributed by atoms with Crippen molar-refractivity contribution in [1.29, 1.82) is 0 Å². The molecule has 2 aromatic carbocycles. The maximum atomic E-state index is 13.9. The third-order valence-corrected chi connectivity index (χ3v) is 8.70. The van der Waals surface area contributed by atoms with Crippen LogP contribution in [0.15, 0.2) is 60.7 Å². The van der Waals surface area contributed by atoms with Gasteiger partial charge >= 0.3 is 11.9 Å². The fourth-order valence-corrected chi connectivity index (χ4v) is 5.61. The summed E-state index contributed by atoms with van der Waals surface area (Å²) in [6.07, 6.45) is 0.605. The van der Waals surface area contributed by atoms with E-state index in [0.29, 0.717) is 18.5 Å². The van der Waals surface area contributed by atoms with E-state index in [-0.39, 0.29) is 30.4 Å². The average molecular weight is 758 g/mol. The van der Waals surface area contributed by atoms with E-state index >= 15 is 0 Å². The summed E-state index contributed by atoms with van der Waals surface area (Å²) in [5.74, 6) is -7.14. The molecular formula is C36H51N7O9S. The zero-order valence-corrected chi connectivity index (χ0v) is 30.7. The van der Waals surface area contributed by atoms with Crippen LogP contribution in [-0.2, 0) is 46.4 Å². The predicted molar refractivity (Wildman–Crippen MR) is 199 cm³/mol. The van der Waals surface area contributed by atoms with Crippen molar-refractivity contribution in [1.82, 2.24) is 26.6 Å². The Balaban J connectivity index is 2.22. The second-order valence-electron chi connectivity index (χ2n) is 12.9. The van der Waals surface area contributed by atoms with Gasteiger partial charge in [-0.3, -0.25) is 28.8 Å². The molecule has 0 saturated carbocycles. The fraction of sp³-hybridized carbons (Fsp3) is 0.472. The lowest BCUT2D eigenvalue weighted by Crippen LogP contribution is -2.58. The summed E-state index contributed by atoms with van der Waals surface area (Å²) in [4.78, 5) is 88.9. The minimum absolute atomic E-state index is 0.0373. The Bertz CT molecular complexity index is 1530. The Kier molecular flexibility index (Phi) is 19.0. The van der Waals surface area contributed by atoms with Crippen molar-refractivity contribution in [3.8, 4) is 0 Å². The molecule has 5 amide bonds. The normalized spacial score (nSPS) is 14.9. The van der Waals surface area contributed by atoms with Crippen molar-refractivity contribution < 1.29 is 43.8 Å². The smallest absolute Gasteiger partial charge is 0.327 e. The molecule has 17 heteroatoms. The number of carboxylic acid groups (broad SMARTS) is 2. The van der Waals surface area contributed by atoms with Crippen LogP contribution in [0.25, 0.3) is 0 Å². The second-order valence-corrected chi connectivity index (χ2v) is 13.3. The predicted octanol–water partition coefficient (Wildman–Crippen LogP) is -0.645. The number of aliphatic carboxylic acids is 2. The van der Waals surface area contributed by atoms with E-state index in [9.17, 15) is 43.8 Å². The molecule has 16 nitrogen and oxygen atoms in total. The zero-order chi connectivity index (χ0) is 39.5. The SMILES string of the molecule is CC(CCN)CC(C)C(=O)N[C@@H](Cc1ccccc1)C(=O)N[C@@H](Cc1ccccc1)C(=O)NC[C@H](N)C(=O)N[C@@H](CC(=O)O)C(=O)N[C@@H](CS)C(=O)O. The number of nitrogens with two attached hydrogens (primary N) is 2. The van der Waals surface area contributed by atoms with E-state index in [4.69, 9.17) is 11.5 Å². The van der Waals surface area contributed by atoms with Gasteiger partial charge in [-0.1, -0.05) is 74.5 Å². The summed E-state index contributed by atoms with van der Waals surface area (Å²) < 4.78 is 0. The molecule has 0 heterocycles. The molecule has 0 saturated heterocycles. The molecule has 2 unspecified atom stereocenters. The van der Waals surface area contributed by atoms with Crippen LogP contribution < -0.4 is 38.1 Å². The van der Waals surface area contributed by atoms with Gasteiger partial charge in [0.2, 0.25) is 29.5 Å². The van der Waals surface area contributed by atoms with Crippen molar-refractivity contribution in [2.24, 2.45) is 23.3 Å². The Morgan fingerprint density at radius 2 is 1.15 bits per heavy atom. The lowest BCUT2D eigenvalue weighted by molar-refractivity contribution is -0.143. The van der Waals surface area contributed by atoms with E-state index < -0.39 is 84.7 Å². The van der Waals surface area contributed by atoms with Gasteiger partial charge in [-0.15, -0.1) is 0 Å². The molecule has 0 aromatic heterocycles. The summed E-state index contributed by atoms with van der Waals surface area (Å²) in [5, 5.41) is 30.9. The van der Waals surface area contributed by atoms with Crippen LogP contribution in [0.2, 0.25) is 0 Å². The standard InChI is InChI=1S/C36H51N7O9S/c1-21(13-14-37)15-22(2)31(46)40-27(17-24-11-7-4-8-12-24)34(49)42-26(16-23-9-5-3-6-10-23)33(48)39-19-25(38)32(47)41-28(18-30(44)45)35(50)43-29(20-53)36(51)52/h3-12,21-22,25-29,53H,13-20,37-38H2,1-2H3,(H,39,48)(H,40,46)(H,41,47)(H,42,49)(H,43,50)(H,44,45)(H,51,52)/t21?,22?,25-,26-,27-,28-,29-/m0/s1. The summed E-state index contributed by atoms with van der Waals surface area (Å²) >= 11 is 3.85. The molecule has 0 aliphatic heterocycles. The molecular weight excluding hydrogens is 707 g/mol. The molecule has 2 rings (SSSR count). The van der Waals surface area contributed by atoms with Gasteiger partial charge in [0.05, 0.1) is 6.42 Å². The van der Waals surface area contributed by atoms with Gasteiger partial charge in [-0.2, -0.15) is 12.6 Å². The number of carbonyl (C=O) groups is 7. The van der Waals surface area contributed by atoms with Gasteiger partial charge in [0, 0.05) is 31.1 Å². The van der Waals surface area contributed by atoms with Crippen molar-refractivity contribution in [2.45, 2.75) is 76.2 Å². The summed E-state index contributed by atoms with van der Waals surface area (Å²) in [5.41, 5.74) is 13.1. The van der Waals surface area contributed by atoms with Gasteiger partial charge in [0.1, 0.15) is 30.2 Å².